The number of benzene rings is 2. The Bertz CT molecular complexity index is 593. The van der Waals surface area contributed by atoms with Crippen LogP contribution in [0.3, 0.4) is 0 Å². The molecule has 2 aromatic carbocycles. The third-order valence-corrected chi connectivity index (χ3v) is 3.96. The Hall–Kier alpha value is -2.09. The zero-order valence-corrected chi connectivity index (χ0v) is 12.6. The van der Waals surface area contributed by atoms with Crippen molar-refractivity contribution in [1.82, 2.24) is 4.90 Å². The van der Waals surface area contributed by atoms with E-state index in [-0.39, 0.29) is 0 Å². The summed E-state index contributed by atoms with van der Waals surface area (Å²) in [4.78, 5) is 7.37. The van der Waals surface area contributed by atoms with Crippen LogP contribution in [0.4, 0.5) is 5.69 Å². The van der Waals surface area contributed by atoms with Gasteiger partial charge in [0.1, 0.15) is 5.84 Å². The first-order chi connectivity index (χ1) is 10.3. The predicted molar refractivity (Wildman–Crippen MR) is 89.2 cm³/mol. The molecule has 0 N–H and O–H groups in total. The fourth-order valence-electron chi connectivity index (χ4n) is 2.75. The summed E-state index contributed by atoms with van der Waals surface area (Å²) in [5, 5.41) is 0. The summed E-state index contributed by atoms with van der Waals surface area (Å²) in [5.41, 5.74) is 3.51. The van der Waals surface area contributed by atoms with Gasteiger partial charge in [0.2, 0.25) is 0 Å². The highest BCUT2D eigenvalue weighted by Crippen LogP contribution is 2.19. The van der Waals surface area contributed by atoms with Crippen LogP contribution in [-0.2, 0) is 0 Å². The molecule has 0 spiro atoms. The minimum Gasteiger partial charge on any atom is -0.356 e. The first-order valence-electron chi connectivity index (χ1n) is 7.79. The standard InChI is InChI=1S/C19H22N2/c1-16-10-12-18(13-11-16)20-19(17-8-4-2-5-9-17)21-14-6-3-7-15-21/h2,4-5,8-13H,3,6-7,14-15H2,1H3. The Morgan fingerprint density at radius 2 is 1.52 bits per heavy atom. The van der Waals surface area contributed by atoms with Gasteiger partial charge in [0, 0.05) is 18.7 Å². The maximum absolute atomic E-state index is 4.94. The van der Waals surface area contributed by atoms with Gasteiger partial charge < -0.3 is 4.90 Å². The number of amidine groups is 1. The van der Waals surface area contributed by atoms with Crippen molar-refractivity contribution in [3.63, 3.8) is 0 Å². The van der Waals surface area contributed by atoms with Gasteiger partial charge in [-0.25, -0.2) is 4.99 Å². The summed E-state index contributed by atoms with van der Waals surface area (Å²) < 4.78 is 0. The van der Waals surface area contributed by atoms with E-state index < -0.39 is 0 Å². The van der Waals surface area contributed by atoms with Crippen molar-refractivity contribution in [2.75, 3.05) is 13.1 Å². The van der Waals surface area contributed by atoms with Crippen molar-refractivity contribution in [2.24, 2.45) is 4.99 Å². The monoisotopic (exact) mass is 278 g/mol. The lowest BCUT2D eigenvalue weighted by atomic mass is 10.1. The van der Waals surface area contributed by atoms with Crippen molar-refractivity contribution in [2.45, 2.75) is 26.2 Å². The lowest BCUT2D eigenvalue weighted by Gasteiger charge is -2.30. The molecule has 0 radical (unpaired) electrons. The molecule has 1 aliphatic heterocycles. The molecule has 0 amide bonds. The van der Waals surface area contributed by atoms with Crippen LogP contribution in [0.2, 0.25) is 0 Å². The zero-order chi connectivity index (χ0) is 14.5. The number of piperidine rings is 1. The van der Waals surface area contributed by atoms with Gasteiger partial charge in [-0.3, -0.25) is 0 Å². The lowest BCUT2D eigenvalue weighted by Crippen LogP contribution is -2.36. The van der Waals surface area contributed by atoms with Gasteiger partial charge in [-0.2, -0.15) is 0 Å². The Morgan fingerprint density at radius 1 is 0.857 bits per heavy atom. The Morgan fingerprint density at radius 3 is 2.19 bits per heavy atom. The van der Waals surface area contributed by atoms with Gasteiger partial charge in [-0.1, -0.05) is 48.0 Å². The fourth-order valence-corrected chi connectivity index (χ4v) is 2.75. The molecule has 0 bridgehead atoms. The van der Waals surface area contributed by atoms with Crippen molar-refractivity contribution in [1.29, 1.82) is 0 Å². The van der Waals surface area contributed by atoms with Crippen molar-refractivity contribution < 1.29 is 0 Å². The van der Waals surface area contributed by atoms with E-state index in [1.54, 1.807) is 0 Å². The summed E-state index contributed by atoms with van der Waals surface area (Å²) in [7, 11) is 0. The number of hydrogen-bond donors (Lipinski definition) is 0. The van der Waals surface area contributed by atoms with Crippen molar-refractivity contribution in [3.8, 4) is 0 Å². The van der Waals surface area contributed by atoms with Gasteiger partial charge in [-0.05, 0) is 38.3 Å². The zero-order valence-electron chi connectivity index (χ0n) is 12.6. The minimum atomic E-state index is 1.03. The highest BCUT2D eigenvalue weighted by Gasteiger charge is 2.16. The summed E-state index contributed by atoms with van der Waals surface area (Å²) in [6, 6.07) is 19.0. The summed E-state index contributed by atoms with van der Waals surface area (Å²) in [6.45, 7) is 4.33. The van der Waals surface area contributed by atoms with Gasteiger partial charge in [0.15, 0.2) is 0 Å². The first kappa shape index (κ1) is 13.9. The molecule has 0 aliphatic carbocycles. The first-order valence-corrected chi connectivity index (χ1v) is 7.79. The van der Waals surface area contributed by atoms with Crippen molar-refractivity contribution in [3.05, 3.63) is 65.7 Å². The third kappa shape index (κ3) is 3.52. The number of hydrogen-bond acceptors (Lipinski definition) is 1. The maximum Gasteiger partial charge on any atom is 0.136 e. The average molecular weight is 278 g/mol. The molecule has 0 unspecified atom stereocenters. The van der Waals surface area contributed by atoms with Crippen LogP contribution in [0.25, 0.3) is 0 Å². The van der Waals surface area contributed by atoms with Crippen LogP contribution < -0.4 is 0 Å². The normalized spacial score (nSPS) is 16.0. The number of likely N-dealkylation sites (tertiary alicyclic amines) is 1. The molecule has 21 heavy (non-hydrogen) atoms. The second-order valence-electron chi connectivity index (χ2n) is 5.68. The lowest BCUT2D eigenvalue weighted by molar-refractivity contribution is 0.343. The van der Waals surface area contributed by atoms with E-state index in [2.05, 4.69) is 66.4 Å². The topological polar surface area (TPSA) is 15.6 Å². The SMILES string of the molecule is Cc1ccc(N=C(c2ccccc2)N2CCCCC2)cc1. The molecule has 3 rings (SSSR count). The molecular formula is C19H22N2. The maximum atomic E-state index is 4.94. The number of aryl methyl sites for hydroxylation is 1. The van der Waals surface area contributed by atoms with Crippen molar-refractivity contribution >= 4 is 11.5 Å². The molecule has 2 heteroatoms. The molecule has 2 nitrogen and oxygen atoms in total. The third-order valence-electron chi connectivity index (χ3n) is 3.96. The molecule has 1 saturated heterocycles. The van der Waals surface area contributed by atoms with Gasteiger partial charge in [0.05, 0.1) is 5.69 Å². The second-order valence-corrected chi connectivity index (χ2v) is 5.68. The van der Waals surface area contributed by atoms with Crippen LogP contribution in [0, 0.1) is 6.92 Å². The summed E-state index contributed by atoms with van der Waals surface area (Å²) >= 11 is 0. The molecule has 0 atom stereocenters. The van der Waals surface area contributed by atoms with E-state index in [4.69, 9.17) is 4.99 Å². The van der Waals surface area contributed by atoms with E-state index in [0.29, 0.717) is 0 Å². The summed E-state index contributed by atoms with van der Waals surface area (Å²) in [5.74, 6) is 1.11. The highest BCUT2D eigenvalue weighted by atomic mass is 15.2. The molecule has 108 valence electrons. The van der Waals surface area contributed by atoms with Crippen LogP contribution in [0.1, 0.15) is 30.4 Å². The molecule has 0 aromatic heterocycles. The van der Waals surface area contributed by atoms with Crippen LogP contribution in [-0.4, -0.2) is 23.8 Å². The fraction of sp³-hybridized carbons (Fsp3) is 0.316. The minimum absolute atomic E-state index is 1.03. The Labute approximate surface area is 127 Å². The molecule has 2 aromatic rings. The Balaban J connectivity index is 1.96. The van der Waals surface area contributed by atoms with E-state index in [9.17, 15) is 0 Å². The highest BCUT2D eigenvalue weighted by molar-refractivity contribution is 6.00. The predicted octanol–water partition coefficient (Wildman–Crippen LogP) is 4.56. The molecule has 1 heterocycles. The summed E-state index contributed by atoms with van der Waals surface area (Å²) in [6.07, 6.45) is 3.86. The van der Waals surface area contributed by atoms with Gasteiger partial charge >= 0.3 is 0 Å². The van der Waals surface area contributed by atoms with Crippen LogP contribution in [0.15, 0.2) is 59.6 Å². The van der Waals surface area contributed by atoms with E-state index >= 15 is 0 Å². The van der Waals surface area contributed by atoms with E-state index in [1.165, 1.54) is 30.4 Å². The van der Waals surface area contributed by atoms with Gasteiger partial charge in [0.25, 0.3) is 0 Å². The molecular weight excluding hydrogens is 256 g/mol. The smallest absolute Gasteiger partial charge is 0.136 e. The number of rotatable bonds is 2. The molecule has 0 saturated carbocycles. The second kappa shape index (κ2) is 6.57. The molecule has 1 aliphatic rings. The quantitative estimate of drug-likeness (QED) is 0.581. The largest absolute Gasteiger partial charge is 0.356 e. The number of nitrogens with zero attached hydrogens (tertiary/aromatic N) is 2. The van der Waals surface area contributed by atoms with E-state index in [0.717, 1.165) is 24.6 Å². The number of aliphatic imine (C=N–C) groups is 1. The Kier molecular flexibility index (Phi) is 4.34. The van der Waals surface area contributed by atoms with E-state index in [1.807, 2.05) is 0 Å². The van der Waals surface area contributed by atoms with Crippen LogP contribution >= 0.6 is 0 Å². The molecule has 1 fully saturated rings. The van der Waals surface area contributed by atoms with Crippen LogP contribution in [0.5, 0.6) is 0 Å². The van der Waals surface area contributed by atoms with Gasteiger partial charge in [-0.15, -0.1) is 0 Å². The average Bonchev–Trinajstić information content (AvgIpc) is 2.56.